The van der Waals surface area contributed by atoms with Gasteiger partial charge in [0.25, 0.3) is 0 Å². The Morgan fingerprint density at radius 3 is 2.48 bits per heavy atom. The molecule has 0 aliphatic carbocycles. The molecule has 0 aromatic heterocycles. The second-order valence-electron chi connectivity index (χ2n) is 5.89. The molecule has 1 aliphatic rings. The highest BCUT2D eigenvalue weighted by atomic mass is 16.5. The van der Waals surface area contributed by atoms with Crippen LogP contribution in [-0.4, -0.2) is 51.2 Å². The molecular weight excluding hydrogens is 264 g/mol. The van der Waals surface area contributed by atoms with E-state index < -0.39 is 5.41 Å². The number of nitrogens with one attached hydrogen (secondary N) is 1. The van der Waals surface area contributed by atoms with E-state index in [4.69, 9.17) is 4.74 Å². The van der Waals surface area contributed by atoms with Gasteiger partial charge in [-0.3, -0.25) is 4.79 Å². The number of rotatable bonds is 5. The van der Waals surface area contributed by atoms with Crippen LogP contribution in [-0.2, 0) is 14.9 Å². The summed E-state index contributed by atoms with van der Waals surface area (Å²) in [6, 6.07) is 8.38. The molecule has 0 atom stereocenters. The molecule has 0 bridgehead atoms. The second-order valence-corrected chi connectivity index (χ2v) is 5.89. The maximum absolute atomic E-state index is 13.1. The van der Waals surface area contributed by atoms with Gasteiger partial charge in [0.15, 0.2) is 0 Å². The Balaban J connectivity index is 2.28. The van der Waals surface area contributed by atoms with Gasteiger partial charge in [-0.05, 0) is 32.4 Å². The first-order valence-corrected chi connectivity index (χ1v) is 7.65. The molecule has 1 N–H and O–H groups in total. The fraction of sp³-hybridized carbons (Fsp3) is 0.588. The van der Waals surface area contributed by atoms with Gasteiger partial charge in [-0.15, -0.1) is 0 Å². The third-order valence-corrected chi connectivity index (χ3v) is 4.40. The number of ether oxygens (including phenoxy) is 1. The van der Waals surface area contributed by atoms with E-state index in [-0.39, 0.29) is 5.91 Å². The van der Waals surface area contributed by atoms with Crippen molar-refractivity contribution in [1.82, 2.24) is 10.2 Å². The Hall–Kier alpha value is -1.39. The summed E-state index contributed by atoms with van der Waals surface area (Å²) in [5.41, 5.74) is 1.92. The van der Waals surface area contributed by atoms with Crippen LogP contribution in [0.3, 0.4) is 0 Å². The van der Waals surface area contributed by atoms with Crippen LogP contribution in [0.2, 0.25) is 0 Å². The molecule has 0 spiro atoms. The number of amides is 1. The Morgan fingerprint density at radius 1 is 1.29 bits per heavy atom. The number of carbonyl (C=O) groups is 1. The van der Waals surface area contributed by atoms with Crippen molar-refractivity contribution in [2.24, 2.45) is 0 Å². The molecule has 0 saturated carbocycles. The molecule has 2 rings (SSSR count). The van der Waals surface area contributed by atoms with E-state index >= 15 is 0 Å². The number of hydrogen-bond acceptors (Lipinski definition) is 3. The van der Waals surface area contributed by atoms with Gasteiger partial charge >= 0.3 is 0 Å². The Bertz CT molecular complexity index is 464. The zero-order chi connectivity index (χ0) is 15.3. The molecule has 21 heavy (non-hydrogen) atoms. The Kier molecular flexibility index (Phi) is 5.37. The second kappa shape index (κ2) is 7.05. The Labute approximate surface area is 127 Å². The van der Waals surface area contributed by atoms with Crippen molar-refractivity contribution in [3.63, 3.8) is 0 Å². The number of aryl methyl sites for hydroxylation is 1. The van der Waals surface area contributed by atoms with Crippen molar-refractivity contribution < 1.29 is 9.53 Å². The van der Waals surface area contributed by atoms with Crippen molar-refractivity contribution in [3.8, 4) is 0 Å². The molecule has 1 amide bonds. The minimum Gasteiger partial charge on any atom is -0.381 e. The van der Waals surface area contributed by atoms with Crippen LogP contribution >= 0.6 is 0 Å². The van der Waals surface area contributed by atoms with E-state index in [2.05, 4.69) is 36.5 Å². The number of benzene rings is 1. The van der Waals surface area contributed by atoms with Gasteiger partial charge in [-0.2, -0.15) is 0 Å². The van der Waals surface area contributed by atoms with Crippen molar-refractivity contribution in [2.75, 3.05) is 40.4 Å². The minimum absolute atomic E-state index is 0.213. The van der Waals surface area contributed by atoms with Crippen LogP contribution in [0.4, 0.5) is 0 Å². The number of carbonyl (C=O) groups excluding carboxylic acids is 1. The van der Waals surface area contributed by atoms with E-state index in [1.54, 1.807) is 0 Å². The maximum Gasteiger partial charge on any atom is 0.233 e. The number of nitrogens with zero attached hydrogens (tertiary/aromatic N) is 1. The zero-order valence-electron chi connectivity index (χ0n) is 13.3. The largest absolute Gasteiger partial charge is 0.381 e. The summed E-state index contributed by atoms with van der Waals surface area (Å²) in [5.74, 6) is 0.213. The molecule has 1 aliphatic heterocycles. The molecule has 1 heterocycles. The molecule has 1 fully saturated rings. The lowest BCUT2D eigenvalue weighted by atomic mass is 9.73. The number of hydrogen-bond donors (Lipinski definition) is 1. The lowest BCUT2D eigenvalue weighted by molar-refractivity contribution is -0.140. The van der Waals surface area contributed by atoms with Gasteiger partial charge in [0.05, 0.1) is 5.41 Å². The molecule has 0 radical (unpaired) electrons. The molecule has 4 heteroatoms. The summed E-state index contributed by atoms with van der Waals surface area (Å²) in [4.78, 5) is 14.9. The first-order chi connectivity index (χ1) is 10.1. The average Bonchev–Trinajstić information content (AvgIpc) is 2.53. The van der Waals surface area contributed by atoms with E-state index in [1.165, 1.54) is 5.56 Å². The third kappa shape index (κ3) is 3.44. The van der Waals surface area contributed by atoms with Crippen LogP contribution in [0, 0.1) is 6.92 Å². The normalized spacial score (nSPS) is 17.5. The lowest BCUT2D eigenvalue weighted by Gasteiger charge is -2.39. The van der Waals surface area contributed by atoms with Gasteiger partial charge in [0.1, 0.15) is 0 Å². The zero-order valence-corrected chi connectivity index (χ0v) is 13.3. The fourth-order valence-electron chi connectivity index (χ4n) is 2.96. The fourth-order valence-corrected chi connectivity index (χ4v) is 2.96. The van der Waals surface area contributed by atoms with Gasteiger partial charge in [-0.25, -0.2) is 0 Å². The van der Waals surface area contributed by atoms with Crippen LogP contribution in [0.5, 0.6) is 0 Å². The highest BCUT2D eigenvalue weighted by Gasteiger charge is 2.43. The summed E-state index contributed by atoms with van der Waals surface area (Å²) in [5, 5.41) is 3.10. The van der Waals surface area contributed by atoms with Crippen LogP contribution < -0.4 is 5.32 Å². The Morgan fingerprint density at radius 2 is 1.90 bits per heavy atom. The summed E-state index contributed by atoms with van der Waals surface area (Å²) in [6.45, 7) is 4.91. The quantitative estimate of drug-likeness (QED) is 0.898. The van der Waals surface area contributed by atoms with Crippen molar-refractivity contribution in [2.45, 2.75) is 25.2 Å². The first kappa shape index (κ1) is 16.0. The molecule has 0 unspecified atom stereocenters. The summed E-state index contributed by atoms with van der Waals surface area (Å²) < 4.78 is 5.50. The lowest BCUT2D eigenvalue weighted by Crippen LogP contribution is -2.49. The average molecular weight is 290 g/mol. The highest BCUT2D eigenvalue weighted by molar-refractivity contribution is 5.88. The van der Waals surface area contributed by atoms with E-state index in [1.807, 2.05) is 19.0 Å². The smallest absolute Gasteiger partial charge is 0.233 e. The molecule has 1 aromatic rings. The minimum atomic E-state index is -0.422. The van der Waals surface area contributed by atoms with Crippen LogP contribution in [0.1, 0.15) is 24.0 Å². The summed E-state index contributed by atoms with van der Waals surface area (Å²) >= 11 is 0. The topological polar surface area (TPSA) is 41.6 Å². The van der Waals surface area contributed by atoms with Crippen LogP contribution in [0.15, 0.2) is 24.3 Å². The van der Waals surface area contributed by atoms with Crippen molar-refractivity contribution in [1.29, 1.82) is 0 Å². The third-order valence-electron chi connectivity index (χ3n) is 4.40. The molecular formula is C17H26N2O2. The predicted molar refractivity (Wildman–Crippen MR) is 84.5 cm³/mol. The summed E-state index contributed by atoms with van der Waals surface area (Å²) in [6.07, 6.45) is 1.53. The molecule has 1 aromatic carbocycles. The van der Waals surface area contributed by atoms with Crippen LogP contribution in [0.25, 0.3) is 0 Å². The monoisotopic (exact) mass is 290 g/mol. The molecule has 116 valence electrons. The van der Waals surface area contributed by atoms with Crippen molar-refractivity contribution in [3.05, 3.63) is 35.4 Å². The van der Waals surface area contributed by atoms with E-state index in [0.29, 0.717) is 13.2 Å². The van der Waals surface area contributed by atoms with Gasteiger partial charge in [0.2, 0.25) is 5.91 Å². The highest BCUT2D eigenvalue weighted by Crippen LogP contribution is 2.36. The predicted octanol–water partition coefficient (Wildman–Crippen LogP) is 1.72. The van der Waals surface area contributed by atoms with Gasteiger partial charge in [0, 0.05) is 33.4 Å². The molecule has 1 saturated heterocycles. The summed E-state index contributed by atoms with van der Waals surface area (Å²) in [7, 11) is 3.80. The van der Waals surface area contributed by atoms with E-state index in [9.17, 15) is 4.79 Å². The maximum atomic E-state index is 13.1. The first-order valence-electron chi connectivity index (χ1n) is 7.65. The SMILES string of the molecule is CNCCN(C)C(=O)C1(c2ccc(C)cc2)CCOCC1. The molecule has 4 nitrogen and oxygen atoms in total. The van der Waals surface area contributed by atoms with Gasteiger partial charge < -0.3 is 15.0 Å². The van der Waals surface area contributed by atoms with E-state index in [0.717, 1.165) is 31.5 Å². The van der Waals surface area contributed by atoms with Gasteiger partial charge in [-0.1, -0.05) is 29.8 Å². The standard InChI is InChI=1S/C17H26N2O2/c1-14-4-6-15(7-5-14)17(8-12-21-13-9-17)16(20)19(3)11-10-18-2/h4-7,18H,8-13H2,1-3H3. The number of likely N-dealkylation sites (N-methyl/N-ethyl adjacent to an activating group) is 2. The van der Waals surface area contributed by atoms with Crippen molar-refractivity contribution >= 4 is 5.91 Å².